The molecule has 4 rings (SSSR count). The van der Waals surface area contributed by atoms with E-state index >= 15 is 0 Å². The van der Waals surface area contributed by atoms with E-state index in [1.165, 1.54) is 19.2 Å². The molecule has 1 aromatic rings. The average molecular weight is 386 g/mol. The summed E-state index contributed by atoms with van der Waals surface area (Å²) in [6, 6.07) is 0.285. The zero-order chi connectivity index (χ0) is 19.3. The summed E-state index contributed by atoms with van der Waals surface area (Å²) < 4.78 is 5.53. The highest BCUT2D eigenvalue weighted by atomic mass is 16.5. The van der Waals surface area contributed by atoms with Crippen LogP contribution in [-0.4, -0.2) is 58.5 Å². The third-order valence-electron chi connectivity index (χ3n) is 6.34. The Kier molecular flexibility index (Phi) is 6.20. The van der Waals surface area contributed by atoms with Gasteiger partial charge in [0.05, 0.1) is 11.3 Å². The van der Waals surface area contributed by atoms with Crippen LogP contribution in [-0.2, 0) is 16.0 Å². The molecular weight excluding hydrogens is 356 g/mol. The Labute approximate surface area is 166 Å². The minimum atomic E-state index is -0.232. The molecule has 0 radical (unpaired) electrons. The Morgan fingerprint density at radius 3 is 2.61 bits per heavy atom. The highest BCUT2D eigenvalue weighted by molar-refractivity contribution is 5.95. The number of ether oxygens (including phenoxy) is 1. The van der Waals surface area contributed by atoms with Crippen LogP contribution in [0.2, 0.25) is 0 Å². The predicted octanol–water partition coefficient (Wildman–Crippen LogP) is 2.11. The molecular formula is C21H30N4O3. The molecule has 2 aliphatic heterocycles. The van der Waals surface area contributed by atoms with Crippen molar-refractivity contribution in [1.29, 1.82) is 0 Å². The van der Waals surface area contributed by atoms with Gasteiger partial charge in [-0.1, -0.05) is 12.8 Å². The predicted molar refractivity (Wildman–Crippen MR) is 104 cm³/mol. The zero-order valence-corrected chi connectivity index (χ0v) is 16.4. The minimum Gasteiger partial charge on any atom is -0.368 e. The summed E-state index contributed by atoms with van der Waals surface area (Å²) in [5.74, 6) is 0.532. The van der Waals surface area contributed by atoms with Crippen LogP contribution in [0.15, 0.2) is 12.5 Å². The third-order valence-corrected chi connectivity index (χ3v) is 6.34. The molecule has 1 aliphatic carbocycles. The normalized spacial score (nSPS) is 23.9. The molecule has 2 saturated heterocycles. The van der Waals surface area contributed by atoms with E-state index in [2.05, 4.69) is 15.3 Å². The van der Waals surface area contributed by atoms with E-state index in [9.17, 15) is 9.59 Å². The Balaban J connectivity index is 1.32. The number of carbonyl (C=O) groups is 2. The topological polar surface area (TPSA) is 84.4 Å². The fourth-order valence-electron chi connectivity index (χ4n) is 4.65. The highest BCUT2D eigenvalue weighted by Gasteiger charge is 2.31. The van der Waals surface area contributed by atoms with Gasteiger partial charge in [0.1, 0.15) is 12.4 Å². The molecule has 0 aromatic carbocycles. The van der Waals surface area contributed by atoms with Gasteiger partial charge in [0, 0.05) is 31.9 Å². The number of nitrogens with zero attached hydrogens (tertiary/aromatic N) is 3. The first-order valence-electron chi connectivity index (χ1n) is 10.7. The summed E-state index contributed by atoms with van der Waals surface area (Å²) in [7, 11) is 0. The summed E-state index contributed by atoms with van der Waals surface area (Å²) in [6.07, 6.45) is 11.9. The van der Waals surface area contributed by atoms with Crippen LogP contribution in [0.5, 0.6) is 0 Å². The fraction of sp³-hybridized carbons (Fsp3) is 0.714. The largest absolute Gasteiger partial charge is 0.368 e. The van der Waals surface area contributed by atoms with Gasteiger partial charge < -0.3 is 15.0 Å². The second-order valence-corrected chi connectivity index (χ2v) is 8.31. The van der Waals surface area contributed by atoms with Crippen LogP contribution in [0, 0.1) is 5.92 Å². The molecule has 1 aromatic heterocycles. The van der Waals surface area contributed by atoms with E-state index in [-0.39, 0.29) is 24.0 Å². The maximum Gasteiger partial charge on any atom is 0.254 e. The molecule has 7 nitrogen and oxygen atoms in total. The summed E-state index contributed by atoms with van der Waals surface area (Å²) in [5, 5.41) is 3.14. The minimum absolute atomic E-state index is 0.0477. The van der Waals surface area contributed by atoms with Gasteiger partial charge in [0.25, 0.3) is 11.8 Å². The van der Waals surface area contributed by atoms with Gasteiger partial charge in [0.15, 0.2) is 0 Å². The molecule has 0 bridgehead atoms. The average Bonchev–Trinajstić information content (AvgIpc) is 3.43. The van der Waals surface area contributed by atoms with Crippen molar-refractivity contribution < 1.29 is 14.3 Å². The van der Waals surface area contributed by atoms with E-state index < -0.39 is 0 Å². The quantitative estimate of drug-likeness (QED) is 0.838. The van der Waals surface area contributed by atoms with Gasteiger partial charge >= 0.3 is 0 Å². The fourth-order valence-corrected chi connectivity index (χ4v) is 4.65. The Hall–Kier alpha value is -2.02. The lowest BCUT2D eigenvalue weighted by Crippen LogP contribution is -2.44. The number of nitrogens with one attached hydrogen (secondary N) is 1. The maximum absolute atomic E-state index is 12.7. The zero-order valence-electron chi connectivity index (χ0n) is 16.4. The van der Waals surface area contributed by atoms with Crippen molar-refractivity contribution in [3.63, 3.8) is 0 Å². The number of hydrogen-bond donors (Lipinski definition) is 1. The van der Waals surface area contributed by atoms with Crippen LogP contribution in [0.3, 0.4) is 0 Å². The third kappa shape index (κ3) is 4.51. The standard InChI is InChI=1S/C21H30N4O3/c26-20(24-16-4-1-2-5-16)17-13-22-14-23-18(17)12-15-7-9-25(10-8-15)21(27)19-6-3-11-28-19/h13-16,19H,1-12H2,(H,24,26)/t19-/m0/s1. The van der Waals surface area contributed by atoms with Gasteiger partial charge in [-0.2, -0.15) is 0 Å². The second kappa shape index (κ2) is 8.99. The van der Waals surface area contributed by atoms with Crippen molar-refractivity contribution in [2.75, 3.05) is 19.7 Å². The van der Waals surface area contributed by atoms with Crippen molar-refractivity contribution >= 4 is 11.8 Å². The molecule has 7 heteroatoms. The molecule has 1 saturated carbocycles. The molecule has 2 amide bonds. The van der Waals surface area contributed by atoms with Gasteiger partial charge in [-0.25, -0.2) is 9.97 Å². The number of carbonyl (C=O) groups excluding carboxylic acids is 2. The Morgan fingerprint density at radius 1 is 1.11 bits per heavy atom. The lowest BCUT2D eigenvalue weighted by atomic mass is 9.90. The van der Waals surface area contributed by atoms with Crippen LogP contribution in [0.4, 0.5) is 0 Å². The van der Waals surface area contributed by atoms with Crippen molar-refractivity contribution in [2.45, 2.75) is 69.9 Å². The molecule has 152 valence electrons. The number of likely N-dealkylation sites (tertiary alicyclic amines) is 1. The summed E-state index contributed by atoms with van der Waals surface area (Å²) in [5.41, 5.74) is 1.43. The number of rotatable bonds is 5. The van der Waals surface area contributed by atoms with Gasteiger partial charge in [-0.15, -0.1) is 0 Å². The summed E-state index contributed by atoms with van der Waals surface area (Å²) in [6.45, 7) is 2.22. The Bertz CT molecular complexity index is 691. The lowest BCUT2D eigenvalue weighted by molar-refractivity contribution is -0.142. The van der Waals surface area contributed by atoms with Crippen LogP contribution in [0.25, 0.3) is 0 Å². The molecule has 28 heavy (non-hydrogen) atoms. The van der Waals surface area contributed by atoms with Crippen LogP contribution >= 0.6 is 0 Å². The van der Waals surface area contributed by atoms with Crippen molar-refractivity contribution in [1.82, 2.24) is 20.2 Å². The number of aromatic nitrogens is 2. The van der Waals surface area contributed by atoms with E-state index in [4.69, 9.17) is 4.74 Å². The molecule has 0 unspecified atom stereocenters. The van der Waals surface area contributed by atoms with E-state index in [1.807, 2.05) is 4.90 Å². The molecule has 1 N–H and O–H groups in total. The SMILES string of the molecule is O=C(NC1CCCC1)c1cncnc1CC1CCN(C(=O)[C@@H]2CCCO2)CC1. The monoisotopic (exact) mass is 386 g/mol. The molecule has 3 aliphatic rings. The maximum atomic E-state index is 12.7. The molecule has 0 spiro atoms. The first-order valence-corrected chi connectivity index (χ1v) is 10.7. The second-order valence-electron chi connectivity index (χ2n) is 8.31. The van der Waals surface area contributed by atoms with Crippen LogP contribution in [0.1, 0.15) is 67.4 Å². The summed E-state index contributed by atoms with van der Waals surface area (Å²) >= 11 is 0. The van der Waals surface area contributed by atoms with Gasteiger partial charge in [-0.3, -0.25) is 9.59 Å². The number of hydrogen-bond acceptors (Lipinski definition) is 5. The number of amides is 2. The molecule has 1 atom stereocenters. The van der Waals surface area contributed by atoms with E-state index in [0.29, 0.717) is 18.1 Å². The highest BCUT2D eigenvalue weighted by Crippen LogP contribution is 2.25. The first kappa shape index (κ1) is 19.3. The van der Waals surface area contributed by atoms with Crippen LogP contribution < -0.4 is 5.32 Å². The van der Waals surface area contributed by atoms with Crippen molar-refractivity contribution in [2.24, 2.45) is 5.92 Å². The van der Waals surface area contributed by atoms with Gasteiger partial charge in [-0.05, 0) is 50.9 Å². The smallest absolute Gasteiger partial charge is 0.254 e. The molecule has 3 heterocycles. The lowest BCUT2D eigenvalue weighted by Gasteiger charge is -2.33. The van der Waals surface area contributed by atoms with Gasteiger partial charge in [0.2, 0.25) is 0 Å². The summed E-state index contributed by atoms with van der Waals surface area (Å²) in [4.78, 5) is 35.6. The van der Waals surface area contributed by atoms with Crippen molar-refractivity contribution in [3.05, 3.63) is 23.8 Å². The first-order chi connectivity index (χ1) is 13.7. The van der Waals surface area contributed by atoms with Crippen molar-refractivity contribution in [3.8, 4) is 0 Å². The number of piperidine rings is 1. The van der Waals surface area contributed by atoms with E-state index in [0.717, 1.165) is 63.7 Å². The Morgan fingerprint density at radius 2 is 1.89 bits per heavy atom. The molecule has 3 fully saturated rings. The van der Waals surface area contributed by atoms with E-state index in [1.54, 1.807) is 6.20 Å².